The van der Waals surface area contributed by atoms with Crippen LogP contribution in [-0.2, 0) is 6.61 Å². The van der Waals surface area contributed by atoms with Gasteiger partial charge in [-0.3, -0.25) is 0 Å². The Hall–Kier alpha value is -1.19. The van der Waals surface area contributed by atoms with Crippen molar-refractivity contribution in [1.29, 1.82) is 0 Å². The maximum atomic E-state index is 13.2. The molecule has 1 aromatic rings. The molecule has 1 rings (SSSR count). The zero-order chi connectivity index (χ0) is 9.84. The molecule has 0 spiro atoms. The minimum atomic E-state index is -0.493. The van der Waals surface area contributed by atoms with Crippen molar-refractivity contribution in [1.82, 2.24) is 0 Å². The van der Waals surface area contributed by atoms with Gasteiger partial charge in [0, 0.05) is 5.56 Å². The Bertz CT molecular complexity index is 312. The summed E-state index contributed by atoms with van der Waals surface area (Å²) in [6.07, 6.45) is 1.47. The van der Waals surface area contributed by atoms with Crippen LogP contribution in [0.15, 0.2) is 30.9 Å². The monoisotopic (exact) mass is 181 g/mol. The van der Waals surface area contributed by atoms with E-state index in [0.29, 0.717) is 11.1 Å². The van der Waals surface area contributed by atoms with Gasteiger partial charge >= 0.3 is 0 Å². The van der Waals surface area contributed by atoms with Crippen molar-refractivity contribution >= 4 is 0 Å². The van der Waals surface area contributed by atoms with Gasteiger partial charge in [-0.15, -0.1) is 6.58 Å². The first-order valence-electron chi connectivity index (χ1n) is 3.96. The molecular formula is C10H12FNO. The van der Waals surface area contributed by atoms with E-state index >= 15 is 0 Å². The Morgan fingerprint density at radius 3 is 2.77 bits per heavy atom. The summed E-state index contributed by atoms with van der Waals surface area (Å²) in [6.45, 7) is 3.31. The van der Waals surface area contributed by atoms with Crippen molar-refractivity contribution in [2.45, 2.75) is 12.6 Å². The third kappa shape index (κ3) is 2.14. The molecule has 13 heavy (non-hydrogen) atoms. The maximum Gasteiger partial charge on any atom is 0.128 e. The van der Waals surface area contributed by atoms with Gasteiger partial charge in [0.2, 0.25) is 0 Å². The first kappa shape index (κ1) is 9.89. The smallest absolute Gasteiger partial charge is 0.128 e. The molecule has 0 saturated heterocycles. The summed E-state index contributed by atoms with van der Waals surface area (Å²) in [6, 6.07) is 3.99. The summed E-state index contributed by atoms with van der Waals surface area (Å²) in [5.41, 5.74) is 6.50. The topological polar surface area (TPSA) is 46.2 Å². The van der Waals surface area contributed by atoms with E-state index in [0.717, 1.165) is 0 Å². The minimum Gasteiger partial charge on any atom is -0.392 e. The lowest BCUT2D eigenvalue weighted by molar-refractivity contribution is 0.281. The quantitative estimate of drug-likeness (QED) is 0.694. The first-order chi connectivity index (χ1) is 6.19. The zero-order valence-electron chi connectivity index (χ0n) is 7.20. The summed E-state index contributed by atoms with van der Waals surface area (Å²) in [4.78, 5) is 0. The molecule has 3 N–H and O–H groups in total. The molecule has 70 valence electrons. The summed E-state index contributed by atoms with van der Waals surface area (Å²) in [5.74, 6) is -0.404. The van der Waals surface area contributed by atoms with Crippen LogP contribution in [-0.4, -0.2) is 5.11 Å². The SMILES string of the molecule is C=C[C@H](N)c1ccc(CO)cc1F. The van der Waals surface area contributed by atoms with Crippen LogP contribution in [0.4, 0.5) is 4.39 Å². The van der Waals surface area contributed by atoms with Crippen LogP contribution in [0.3, 0.4) is 0 Å². The summed E-state index contributed by atoms with van der Waals surface area (Å²) < 4.78 is 13.2. The molecule has 0 bridgehead atoms. The summed E-state index contributed by atoms with van der Waals surface area (Å²) in [7, 11) is 0. The zero-order valence-corrected chi connectivity index (χ0v) is 7.20. The van der Waals surface area contributed by atoms with Crippen molar-refractivity contribution < 1.29 is 9.50 Å². The Morgan fingerprint density at radius 2 is 2.31 bits per heavy atom. The van der Waals surface area contributed by atoms with Crippen LogP contribution in [0.5, 0.6) is 0 Å². The van der Waals surface area contributed by atoms with Gasteiger partial charge in [-0.25, -0.2) is 4.39 Å². The van der Waals surface area contributed by atoms with Crippen molar-refractivity contribution in [3.63, 3.8) is 0 Å². The normalized spacial score (nSPS) is 12.5. The van der Waals surface area contributed by atoms with Gasteiger partial charge in [-0.05, 0) is 11.6 Å². The maximum absolute atomic E-state index is 13.2. The number of rotatable bonds is 3. The first-order valence-corrected chi connectivity index (χ1v) is 3.96. The van der Waals surface area contributed by atoms with Crippen LogP contribution in [0.25, 0.3) is 0 Å². The molecular weight excluding hydrogens is 169 g/mol. The number of hydrogen-bond donors (Lipinski definition) is 2. The van der Waals surface area contributed by atoms with Gasteiger partial charge in [-0.2, -0.15) is 0 Å². The van der Waals surface area contributed by atoms with Crippen LogP contribution in [0, 0.1) is 5.82 Å². The van der Waals surface area contributed by atoms with Gasteiger partial charge in [0.25, 0.3) is 0 Å². The fourth-order valence-corrected chi connectivity index (χ4v) is 1.07. The molecule has 0 aromatic heterocycles. The molecule has 0 aliphatic carbocycles. The van der Waals surface area contributed by atoms with E-state index in [1.54, 1.807) is 12.1 Å². The van der Waals surface area contributed by atoms with Crippen LogP contribution < -0.4 is 5.73 Å². The van der Waals surface area contributed by atoms with E-state index in [4.69, 9.17) is 10.8 Å². The number of benzene rings is 1. The molecule has 1 atom stereocenters. The Kier molecular flexibility index (Phi) is 3.17. The van der Waals surface area contributed by atoms with Crippen molar-refractivity contribution in [3.8, 4) is 0 Å². The van der Waals surface area contributed by atoms with E-state index in [-0.39, 0.29) is 6.61 Å². The Morgan fingerprint density at radius 1 is 1.62 bits per heavy atom. The Balaban J connectivity index is 3.04. The summed E-state index contributed by atoms with van der Waals surface area (Å²) >= 11 is 0. The number of aliphatic hydroxyl groups excluding tert-OH is 1. The number of halogens is 1. The van der Waals surface area contributed by atoms with E-state index < -0.39 is 11.9 Å². The van der Waals surface area contributed by atoms with Crippen LogP contribution in [0.1, 0.15) is 17.2 Å². The lowest BCUT2D eigenvalue weighted by Crippen LogP contribution is -2.08. The van der Waals surface area contributed by atoms with Crippen molar-refractivity contribution in [3.05, 3.63) is 47.8 Å². The third-order valence-electron chi connectivity index (χ3n) is 1.86. The summed E-state index contributed by atoms with van der Waals surface area (Å²) in [5, 5.41) is 8.73. The van der Waals surface area contributed by atoms with Gasteiger partial charge in [0.15, 0.2) is 0 Å². The highest BCUT2D eigenvalue weighted by Gasteiger charge is 2.07. The molecule has 0 unspecified atom stereocenters. The van der Waals surface area contributed by atoms with Gasteiger partial charge < -0.3 is 10.8 Å². The molecule has 0 aliphatic rings. The largest absolute Gasteiger partial charge is 0.392 e. The molecule has 0 saturated carbocycles. The van der Waals surface area contributed by atoms with E-state index in [1.807, 2.05) is 0 Å². The molecule has 3 heteroatoms. The molecule has 1 aromatic carbocycles. The van der Waals surface area contributed by atoms with E-state index in [2.05, 4.69) is 6.58 Å². The van der Waals surface area contributed by atoms with Crippen LogP contribution >= 0.6 is 0 Å². The van der Waals surface area contributed by atoms with Crippen LogP contribution in [0.2, 0.25) is 0 Å². The highest BCUT2D eigenvalue weighted by atomic mass is 19.1. The molecule has 0 heterocycles. The highest BCUT2D eigenvalue weighted by molar-refractivity contribution is 5.28. The van der Waals surface area contributed by atoms with Gasteiger partial charge in [-0.1, -0.05) is 18.2 Å². The van der Waals surface area contributed by atoms with Crippen molar-refractivity contribution in [2.75, 3.05) is 0 Å². The number of aliphatic hydroxyl groups is 1. The molecule has 0 fully saturated rings. The fourth-order valence-electron chi connectivity index (χ4n) is 1.07. The van der Waals surface area contributed by atoms with Gasteiger partial charge in [0.05, 0.1) is 12.6 Å². The predicted molar refractivity (Wildman–Crippen MR) is 49.4 cm³/mol. The fraction of sp³-hybridized carbons (Fsp3) is 0.200. The minimum absolute atomic E-state index is 0.166. The molecule has 0 radical (unpaired) electrons. The second-order valence-corrected chi connectivity index (χ2v) is 2.78. The average Bonchev–Trinajstić information content (AvgIpc) is 2.16. The average molecular weight is 181 g/mol. The second-order valence-electron chi connectivity index (χ2n) is 2.78. The molecule has 2 nitrogen and oxygen atoms in total. The Labute approximate surface area is 76.5 Å². The lowest BCUT2D eigenvalue weighted by Gasteiger charge is -2.08. The highest BCUT2D eigenvalue weighted by Crippen LogP contribution is 2.17. The second kappa shape index (κ2) is 4.16. The number of nitrogens with two attached hydrogens (primary N) is 1. The van der Waals surface area contributed by atoms with E-state index in [9.17, 15) is 4.39 Å². The standard InChI is InChI=1S/C10H12FNO/c1-2-10(12)8-4-3-7(6-13)5-9(8)11/h2-5,10,13H,1,6,12H2/t10-/m0/s1. The molecule has 0 amide bonds. The number of hydrogen-bond acceptors (Lipinski definition) is 2. The predicted octanol–water partition coefficient (Wildman–Crippen LogP) is 1.50. The lowest BCUT2D eigenvalue weighted by atomic mass is 10.1. The third-order valence-corrected chi connectivity index (χ3v) is 1.86. The molecule has 0 aliphatic heterocycles. The van der Waals surface area contributed by atoms with Crippen molar-refractivity contribution in [2.24, 2.45) is 5.73 Å². The van der Waals surface area contributed by atoms with E-state index in [1.165, 1.54) is 12.1 Å². The van der Waals surface area contributed by atoms with Gasteiger partial charge in [0.1, 0.15) is 5.82 Å².